The van der Waals surface area contributed by atoms with Crippen molar-refractivity contribution in [1.29, 1.82) is 0 Å². The summed E-state index contributed by atoms with van der Waals surface area (Å²) in [5.74, 6) is -1.69. The molecule has 2 aromatic rings. The van der Waals surface area contributed by atoms with Crippen LogP contribution in [0.25, 0.3) is 11.1 Å². The second-order valence-corrected chi connectivity index (χ2v) is 4.84. The highest BCUT2D eigenvalue weighted by Gasteiger charge is 2.15. The third kappa shape index (κ3) is 3.68. The number of hydrogen-bond acceptors (Lipinski definition) is 3. The molecule has 116 valence electrons. The Kier molecular flexibility index (Phi) is 5.22. The van der Waals surface area contributed by atoms with Crippen LogP contribution < -0.4 is 5.73 Å². The van der Waals surface area contributed by atoms with Gasteiger partial charge in [0.25, 0.3) is 0 Å². The summed E-state index contributed by atoms with van der Waals surface area (Å²) in [5.41, 5.74) is 6.86. The summed E-state index contributed by atoms with van der Waals surface area (Å²) in [7, 11) is 0. The lowest BCUT2D eigenvalue weighted by molar-refractivity contribution is -0.143. The summed E-state index contributed by atoms with van der Waals surface area (Å²) in [6.45, 7) is 2.00. The van der Waals surface area contributed by atoms with Gasteiger partial charge in [0.1, 0.15) is 11.6 Å². The molecule has 0 saturated heterocycles. The number of carbonyl (C=O) groups is 1. The Bertz CT molecular complexity index is 653. The summed E-state index contributed by atoms with van der Waals surface area (Å²) < 4.78 is 32.5. The van der Waals surface area contributed by atoms with Crippen molar-refractivity contribution in [2.45, 2.75) is 19.4 Å². The first-order valence-corrected chi connectivity index (χ1v) is 6.98. The molecule has 0 unspecified atom stereocenters. The van der Waals surface area contributed by atoms with Crippen LogP contribution >= 0.6 is 0 Å². The molecule has 22 heavy (non-hydrogen) atoms. The monoisotopic (exact) mass is 305 g/mol. The highest BCUT2D eigenvalue weighted by atomic mass is 19.1. The van der Waals surface area contributed by atoms with Crippen LogP contribution in [0.1, 0.15) is 24.9 Å². The predicted octanol–water partition coefficient (Wildman–Crippen LogP) is 3.58. The highest BCUT2D eigenvalue weighted by Crippen LogP contribution is 2.28. The van der Waals surface area contributed by atoms with Crippen LogP contribution in [-0.2, 0) is 9.53 Å². The molecule has 1 atom stereocenters. The number of esters is 1. The second kappa shape index (κ2) is 7.13. The molecular formula is C17H17F2NO2. The molecule has 0 bridgehead atoms. The fraction of sp³-hybridized carbons (Fsp3) is 0.235. The zero-order valence-electron chi connectivity index (χ0n) is 12.2. The summed E-state index contributed by atoms with van der Waals surface area (Å²) in [4.78, 5) is 11.5. The van der Waals surface area contributed by atoms with Crippen molar-refractivity contribution in [1.82, 2.24) is 0 Å². The summed E-state index contributed by atoms with van der Waals surface area (Å²) in [6.07, 6.45) is 0.0110. The van der Waals surface area contributed by atoms with Gasteiger partial charge in [0.2, 0.25) is 0 Å². The maximum absolute atomic E-state index is 13.8. The van der Waals surface area contributed by atoms with E-state index < -0.39 is 23.6 Å². The van der Waals surface area contributed by atoms with E-state index >= 15 is 0 Å². The van der Waals surface area contributed by atoms with Crippen molar-refractivity contribution in [3.63, 3.8) is 0 Å². The largest absolute Gasteiger partial charge is 0.466 e. The number of rotatable bonds is 5. The fourth-order valence-electron chi connectivity index (χ4n) is 2.22. The number of halogens is 2. The van der Waals surface area contributed by atoms with Crippen LogP contribution in [0, 0.1) is 11.6 Å². The summed E-state index contributed by atoms with van der Waals surface area (Å²) in [6, 6.07) is 9.67. The van der Waals surface area contributed by atoms with Crippen LogP contribution in [0.3, 0.4) is 0 Å². The third-order valence-corrected chi connectivity index (χ3v) is 3.26. The lowest BCUT2D eigenvalue weighted by Crippen LogP contribution is -2.17. The Morgan fingerprint density at radius 2 is 1.82 bits per heavy atom. The molecule has 5 heteroatoms. The molecule has 0 aliphatic heterocycles. The van der Waals surface area contributed by atoms with Gasteiger partial charge in [-0.3, -0.25) is 4.79 Å². The molecule has 0 aliphatic rings. The van der Waals surface area contributed by atoms with Gasteiger partial charge >= 0.3 is 5.97 Å². The van der Waals surface area contributed by atoms with E-state index in [0.29, 0.717) is 11.1 Å². The van der Waals surface area contributed by atoms with Crippen LogP contribution in [0.15, 0.2) is 42.5 Å². The Morgan fingerprint density at radius 3 is 2.45 bits per heavy atom. The highest BCUT2D eigenvalue weighted by molar-refractivity contribution is 5.71. The van der Waals surface area contributed by atoms with E-state index in [9.17, 15) is 13.6 Å². The maximum atomic E-state index is 13.8. The quantitative estimate of drug-likeness (QED) is 0.859. The molecule has 0 spiro atoms. The molecular weight excluding hydrogens is 288 g/mol. The molecule has 0 aromatic heterocycles. The van der Waals surface area contributed by atoms with Gasteiger partial charge in [-0.25, -0.2) is 8.78 Å². The zero-order chi connectivity index (χ0) is 16.1. The van der Waals surface area contributed by atoms with E-state index in [1.807, 2.05) is 0 Å². The first-order chi connectivity index (χ1) is 10.5. The number of nitrogens with two attached hydrogens (primary N) is 1. The Morgan fingerprint density at radius 1 is 1.18 bits per heavy atom. The van der Waals surface area contributed by atoms with Gasteiger partial charge in [0, 0.05) is 6.04 Å². The number of carbonyl (C=O) groups excluding carboxylic acids is 1. The van der Waals surface area contributed by atoms with Crippen molar-refractivity contribution in [2.24, 2.45) is 5.73 Å². The second-order valence-electron chi connectivity index (χ2n) is 4.84. The lowest BCUT2D eigenvalue weighted by atomic mass is 9.98. The Hall–Kier alpha value is -2.27. The van der Waals surface area contributed by atoms with E-state index in [1.165, 1.54) is 18.2 Å². The summed E-state index contributed by atoms with van der Waals surface area (Å²) >= 11 is 0. The van der Waals surface area contributed by atoms with E-state index in [0.717, 1.165) is 0 Å². The molecule has 2 aromatic carbocycles. The average Bonchev–Trinajstić information content (AvgIpc) is 2.47. The number of ether oxygens (including phenoxy) is 1. The topological polar surface area (TPSA) is 52.3 Å². The molecule has 0 radical (unpaired) electrons. The van der Waals surface area contributed by atoms with Crippen molar-refractivity contribution in [2.75, 3.05) is 6.61 Å². The normalized spacial score (nSPS) is 12.0. The van der Waals surface area contributed by atoms with Gasteiger partial charge in [-0.15, -0.1) is 0 Å². The van der Waals surface area contributed by atoms with Crippen LogP contribution in [0.5, 0.6) is 0 Å². The first-order valence-electron chi connectivity index (χ1n) is 6.98. The van der Waals surface area contributed by atoms with Crippen LogP contribution in [0.4, 0.5) is 8.78 Å². The van der Waals surface area contributed by atoms with Crippen molar-refractivity contribution >= 4 is 5.97 Å². The Labute approximate surface area is 127 Å². The average molecular weight is 305 g/mol. The molecule has 0 aliphatic carbocycles. The van der Waals surface area contributed by atoms with Gasteiger partial charge in [-0.05, 0) is 36.2 Å². The fourth-order valence-corrected chi connectivity index (χ4v) is 2.22. The van der Waals surface area contributed by atoms with E-state index in [4.69, 9.17) is 10.5 Å². The van der Waals surface area contributed by atoms with Crippen LogP contribution in [0.2, 0.25) is 0 Å². The van der Waals surface area contributed by atoms with Crippen LogP contribution in [-0.4, -0.2) is 12.6 Å². The van der Waals surface area contributed by atoms with Gasteiger partial charge in [-0.2, -0.15) is 0 Å². The van der Waals surface area contributed by atoms with Gasteiger partial charge < -0.3 is 10.5 Å². The molecule has 0 heterocycles. The molecule has 0 fully saturated rings. The minimum absolute atomic E-state index is 0.0110. The molecule has 2 N–H and O–H groups in total. The predicted molar refractivity (Wildman–Crippen MR) is 80.0 cm³/mol. The van der Waals surface area contributed by atoms with Gasteiger partial charge in [0.05, 0.1) is 18.6 Å². The van der Waals surface area contributed by atoms with E-state index in [-0.39, 0.29) is 18.6 Å². The smallest absolute Gasteiger partial charge is 0.307 e. The lowest BCUT2D eigenvalue weighted by Gasteiger charge is -2.13. The first kappa shape index (κ1) is 16.1. The molecule has 0 amide bonds. The third-order valence-electron chi connectivity index (χ3n) is 3.26. The van der Waals surface area contributed by atoms with E-state index in [1.54, 1.807) is 31.2 Å². The SMILES string of the molecule is CCOC(=O)C[C@H](N)c1cccc(-c2c(F)cccc2F)c1. The maximum Gasteiger partial charge on any atom is 0.307 e. The number of hydrogen-bond donors (Lipinski definition) is 1. The molecule has 0 saturated carbocycles. The minimum atomic E-state index is -0.642. The van der Waals surface area contributed by atoms with Gasteiger partial charge in [0.15, 0.2) is 0 Å². The Balaban J connectivity index is 2.29. The zero-order valence-corrected chi connectivity index (χ0v) is 12.2. The summed E-state index contributed by atoms with van der Waals surface area (Å²) in [5, 5.41) is 0. The van der Waals surface area contributed by atoms with Crippen molar-refractivity contribution < 1.29 is 18.3 Å². The van der Waals surface area contributed by atoms with Crippen molar-refractivity contribution in [3.8, 4) is 11.1 Å². The van der Waals surface area contributed by atoms with Crippen molar-refractivity contribution in [3.05, 3.63) is 59.7 Å². The minimum Gasteiger partial charge on any atom is -0.466 e. The molecule has 2 rings (SSSR count). The van der Waals surface area contributed by atoms with Gasteiger partial charge in [-0.1, -0.05) is 24.3 Å². The van der Waals surface area contributed by atoms with E-state index in [2.05, 4.69) is 0 Å². The standard InChI is InChI=1S/C17H17F2NO2/c1-2-22-16(21)10-15(20)11-5-3-6-12(9-11)17-13(18)7-4-8-14(17)19/h3-9,15H,2,10,20H2,1H3/t15-/m0/s1. The number of benzene rings is 2. The molecule has 3 nitrogen and oxygen atoms in total.